The van der Waals surface area contributed by atoms with Crippen LogP contribution in [0.1, 0.15) is 27.9 Å². The molecule has 2 aromatic rings. The van der Waals surface area contributed by atoms with Gasteiger partial charge in [-0.15, -0.1) is 0 Å². The molecule has 0 unspecified atom stereocenters. The van der Waals surface area contributed by atoms with Crippen molar-refractivity contribution in [2.24, 2.45) is 0 Å². The molecule has 0 radical (unpaired) electrons. The molecule has 1 amide bonds. The number of nitrogens with one attached hydrogen (secondary N) is 1. The van der Waals surface area contributed by atoms with Crippen molar-refractivity contribution >= 4 is 11.7 Å². The molecule has 1 N–H and O–H groups in total. The van der Waals surface area contributed by atoms with E-state index in [-0.39, 0.29) is 5.91 Å². The third-order valence-corrected chi connectivity index (χ3v) is 3.49. The summed E-state index contributed by atoms with van der Waals surface area (Å²) in [5.74, 6) is 0.653. The molecule has 1 aromatic carbocycles. The number of hydrogen-bond donors (Lipinski definition) is 1. The maximum atomic E-state index is 12.5. The molecule has 6 nitrogen and oxygen atoms in total. The Kier molecular flexibility index (Phi) is 4.55. The first-order chi connectivity index (χ1) is 11.2. The molecular weight excluding hydrogens is 296 g/mol. The summed E-state index contributed by atoms with van der Waals surface area (Å²) in [5, 5.41) is 2.78. The summed E-state index contributed by atoms with van der Waals surface area (Å²) in [7, 11) is 1.54. The summed E-state index contributed by atoms with van der Waals surface area (Å²) in [6.07, 6.45) is -0.408. The van der Waals surface area contributed by atoms with Gasteiger partial charge in [0.15, 0.2) is 17.9 Å². The highest BCUT2D eigenvalue weighted by atomic mass is 16.7. The standard InChI is InChI=1S/C17H18N2O4/c1-11-6-7-14(21-2)15(18-11)19-16(20)12-4-3-5-13(10-12)17-22-8-9-23-17/h3-7,10,17H,8-9H2,1-2H3,(H,18,19,20). The predicted molar refractivity (Wildman–Crippen MR) is 84.6 cm³/mol. The van der Waals surface area contributed by atoms with Crippen molar-refractivity contribution < 1.29 is 19.0 Å². The number of aromatic nitrogens is 1. The lowest BCUT2D eigenvalue weighted by Gasteiger charge is -2.12. The minimum atomic E-state index is -0.408. The van der Waals surface area contributed by atoms with Gasteiger partial charge < -0.3 is 19.5 Å². The molecule has 1 fully saturated rings. The average molecular weight is 314 g/mol. The van der Waals surface area contributed by atoms with Crippen LogP contribution in [-0.4, -0.2) is 31.2 Å². The van der Waals surface area contributed by atoms with Gasteiger partial charge in [0, 0.05) is 16.8 Å². The molecule has 1 aliphatic heterocycles. The number of rotatable bonds is 4. The summed E-state index contributed by atoms with van der Waals surface area (Å²) in [6.45, 7) is 2.97. The normalized spacial score (nSPS) is 14.7. The summed E-state index contributed by atoms with van der Waals surface area (Å²) in [5.41, 5.74) is 2.12. The summed E-state index contributed by atoms with van der Waals surface area (Å²) in [6, 6.07) is 10.8. The fourth-order valence-corrected chi connectivity index (χ4v) is 2.36. The van der Waals surface area contributed by atoms with E-state index in [4.69, 9.17) is 14.2 Å². The molecule has 0 saturated carbocycles. The number of ether oxygens (including phenoxy) is 3. The number of aryl methyl sites for hydroxylation is 1. The molecule has 0 atom stereocenters. The Morgan fingerprint density at radius 3 is 2.78 bits per heavy atom. The second kappa shape index (κ2) is 6.76. The number of pyridine rings is 1. The van der Waals surface area contributed by atoms with Crippen molar-refractivity contribution in [3.63, 3.8) is 0 Å². The first kappa shape index (κ1) is 15.5. The van der Waals surface area contributed by atoms with Crippen molar-refractivity contribution in [1.82, 2.24) is 4.98 Å². The summed E-state index contributed by atoms with van der Waals surface area (Å²) in [4.78, 5) is 16.8. The second-order valence-corrected chi connectivity index (χ2v) is 5.16. The van der Waals surface area contributed by atoms with Crippen LogP contribution in [0.3, 0.4) is 0 Å². The molecule has 3 rings (SSSR count). The van der Waals surface area contributed by atoms with Crippen molar-refractivity contribution in [1.29, 1.82) is 0 Å². The first-order valence-electron chi connectivity index (χ1n) is 7.33. The number of carbonyl (C=O) groups excluding carboxylic acids is 1. The predicted octanol–water partition coefficient (Wildman–Crippen LogP) is 2.70. The van der Waals surface area contributed by atoms with E-state index in [1.807, 2.05) is 19.1 Å². The van der Waals surface area contributed by atoms with Crippen LogP contribution in [0.15, 0.2) is 36.4 Å². The van der Waals surface area contributed by atoms with Gasteiger partial charge in [-0.3, -0.25) is 4.79 Å². The van der Waals surface area contributed by atoms with Crippen molar-refractivity contribution in [2.75, 3.05) is 25.6 Å². The lowest BCUT2D eigenvalue weighted by Crippen LogP contribution is -2.14. The Bertz CT molecular complexity index is 711. The van der Waals surface area contributed by atoms with Gasteiger partial charge in [0.2, 0.25) is 0 Å². The molecule has 120 valence electrons. The SMILES string of the molecule is COc1ccc(C)nc1NC(=O)c1cccc(C2OCCO2)c1. The summed E-state index contributed by atoms with van der Waals surface area (Å²) >= 11 is 0. The van der Waals surface area contributed by atoms with E-state index in [0.29, 0.717) is 30.3 Å². The van der Waals surface area contributed by atoms with E-state index in [9.17, 15) is 4.79 Å². The Morgan fingerprint density at radius 1 is 1.26 bits per heavy atom. The molecule has 0 bridgehead atoms. The fourth-order valence-electron chi connectivity index (χ4n) is 2.36. The highest BCUT2D eigenvalue weighted by molar-refractivity contribution is 6.04. The maximum Gasteiger partial charge on any atom is 0.256 e. The Hall–Kier alpha value is -2.44. The van der Waals surface area contributed by atoms with Crippen molar-refractivity contribution in [3.05, 3.63) is 53.2 Å². The maximum absolute atomic E-state index is 12.5. The molecule has 1 saturated heterocycles. The van der Waals surface area contributed by atoms with Gasteiger partial charge in [0.1, 0.15) is 0 Å². The summed E-state index contributed by atoms with van der Waals surface area (Å²) < 4.78 is 16.1. The molecule has 2 heterocycles. The van der Waals surface area contributed by atoms with Crippen LogP contribution in [0.5, 0.6) is 5.75 Å². The van der Waals surface area contributed by atoms with Crippen LogP contribution in [-0.2, 0) is 9.47 Å². The smallest absolute Gasteiger partial charge is 0.256 e. The molecular formula is C17H18N2O4. The van der Waals surface area contributed by atoms with Crippen LogP contribution in [0.4, 0.5) is 5.82 Å². The van der Waals surface area contributed by atoms with Crippen LogP contribution < -0.4 is 10.1 Å². The van der Waals surface area contributed by atoms with Gasteiger partial charge in [-0.2, -0.15) is 0 Å². The highest BCUT2D eigenvalue weighted by Gasteiger charge is 2.19. The van der Waals surface area contributed by atoms with Crippen molar-refractivity contribution in [3.8, 4) is 5.75 Å². The topological polar surface area (TPSA) is 69.7 Å². The molecule has 0 aliphatic carbocycles. The minimum Gasteiger partial charge on any atom is -0.493 e. The number of benzene rings is 1. The number of methoxy groups -OCH3 is 1. The van der Waals surface area contributed by atoms with Gasteiger partial charge in [-0.05, 0) is 31.2 Å². The second-order valence-electron chi connectivity index (χ2n) is 5.16. The zero-order valence-corrected chi connectivity index (χ0v) is 13.0. The minimum absolute atomic E-state index is 0.263. The quantitative estimate of drug-likeness (QED) is 0.939. The van der Waals surface area contributed by atoms with Crippen LogP contribution in [0.25, 0.3) is 0 Å². The fraction of sp³-hybridized carbons (Fsp3) is 0.294. The number of nitrogens with zero attached hydrogens (tertiary/aromatic N) is 1. The van der Waals surface area contributed by atoms with Crippen molar-refractivity contribution in [2.45, 2.75) is 13.2 Å². The average Bonchev–Trinajstić information content (AvgIpc) is 3.10. The lowest BCUT2D eigenvalue weighted by atomic mass is 10.1. The highest BCUT2D eigenvalue weighted by Crippen LogP contribution is 2.25. The Labute approximate surface area is 134 Å². The molecule has 23 heavy (non-hydrogen) atoms. The van der Waals surface area contributed by atoms with Crippen LogP contribution >= 0.6 is 0 Å². The monoisotopic (exact) mass is 314 g/mol. The molecule has 0 spiro atoms. The van der Waals surface area contributed by atoms with Gasteiger partial charge >= 0.3 is 0 Å². The third-order valence-electron chi connectivity index (χ3n) is 3.49. The molecule has 6 heteroatoms. The van der Waals surface area contributed by atoms with Gasteiger partial charge in [-0.1, -0.05) is 12.1 Å². The zero-order chi connectivity index (χ0) is 16.2. The number of carbonyl (C=O) groups is 1. The molecule has 1 aliphatic rings. The number of amides is 1. The van der Waals surface area contributed by atoms with Crippen LogP contribution in [0, 0.1) is 6.92 Å². The first-order valence-corrected chi connectivity index (χ1v) is 7.33. The van der Waals surface area contributed by atoms with E-state index in [1.54, 1.807) is 24.3 Å². The number of anilines is 1. The van der Waals surface area contributed by atoms with E-state index >= 15 is 0 Å². The van der Waals surface area contributed by atoms with Gasteiger partial charge in [-0.25, -0.2) is 4.98 Å². The zero-order valence-electron chi connectivity index (χ0n) is 13.0. The largest absolute Gasteiger partial charge is 0.493 e. The lowest BCUT2D eigenvalue weighted by molar-refractivity contribution is -0.0441. The van der Waals surface area contributed by atoms with Gasteiger partial charge in [0.05, 0.1) is 20.3 Å². The third kappa shape index (κ3) is 3.49. The van der Waals surface area contributed by atoms with Crippen LogP contribution in [0.2, 0.25) is 0 Å². The molecule has 1 aromatic heterocycles. The van der Waals surface area contributed by atoms with E-state index in [1.165, 1.54) is 7.11 Å². The Balaban J connectivity index is 1.81. The van der Waals surface area contributed by atoms with E-state index in [2.05, 4.69) is 10.3 Å². The van der Waals surface area contributed by atoms with E-state index < -0.39 is 6.29 Å². The van der Waals surface area contributed by atoms with Gasteiger partial charge in [0.25, 0.3) is 5.91 Å². The Morgan fingerprint density at radius 2 is 2.04 bits per heavy atom. The number of hydrogen-bond acceptors (Lipinski definition) is 5. The van der Waals surface area contributed by atoms with E-state index in [0.717, 1.165) is 11.3 Å².